The highest BCUT2D eigenvalue weighted by Gasteiger charge is 2.00. The average molecular weight is 191 g/mol. The number of pyridine rings is 1. The first-order valence-corrected chi connectivity index (χ1v) is 4.37. The molecule has 0 saturated heterocycles. The summed E-state index contributed by atoms with van der Waals surface area (Å²) in [6.07, 6.45) is 5.35. The highest BCUT2D eigenvalue weighted by molar-refractivity contribution is 7.71. The zero-order chi connectivity index (χ0) is 9.26. The molecule has 3 nitrogen and oxygen atoms in total. The van der Waals surface area contributed by atoms with E-state index in [0.29, 0.717) is 4.77 Å². The standard InChI is InChI=1S/C9H9N3S/c1-2-5-12-8-3-4-10-6-7(8)11-9(12)13/h2-4,6H,1,5H2,(H,11,13). The maximum absolute atomic E-state index is 5.15. The van der Waals surface area contributed by atoms with Crippen LogP contribution in [-0.2, 0) is 6.54 Å². The van der Waals surface area contributed by atoms with Crippen molar-refractivity contribution < 1.29 is 0 Å². The van der Waals surface area contributed by atoms with Crippen molar-refractivity contribution >= 4 is 23.3 Å². The molecule has 0 saturated carbocycles. The molecule has 2 aromatic heterocycles. The Balaban J connectivity index is 2.78. The lowest BCUT2D eigenvalue weighted by atomic mass is 10.4. The van der Waals surface area contributed by atoms with Crippen molar-refractivity contribution in [1.29, 1.82) is 0 Å². The van der Waals surface area contributed by atoms with E-state index >= 15 is 0 Å². The molecule has 2 rings (SSSR count). The molecule has 0 unspecified atom stereocenters. The minimum Gasteiger partial charge on any atom is -0.329 e. The van der Waals surface area contributed by atoms with Gasteiger partial charge < -0.3 is 9.55 Å². The van der Waals surface area contributed by atoms with Crippen LogP contribution in [0.5, 0.6) is 0 Å². The van der Waals surface area contributed by atoms with Crippen molar-refractivity contribution in [3.8, 4) is 0 Å². The SMILES string of the molecule is C=CCn1c(=S)[nH]c2cnccc21. The third-order valence-corrected chi connectivity index (χ3v) is 2.21. The van der Waals surface area contributed by atoms with Gasteiger partial charge in [-0.25, -0.2) is 0 Å². The lowest BCUT2D eigenvalue weighted by Crippen LogP contribution is -1.93. The number of aromatic amines is 1. The van der Waals surface area contributed by atoms with Crippen molar-refractivity contribution in [3.63, 3.8) is 0 Å². The van der Waals surface area contributed by atoms with Crippen molar-refractivity contribution in [2.75, 3.05) is 0 Å². The Kier molecular flexibility index (Phi) is 1.98. The molecular weight excluding hydrogens is 182 g/mol. The molecule has 1 N–H and O–H groups in total. The van der Waals surface area contributed by atoms with Gasteiger partial charge >= 0.3 is 0 Å². The van der Waals surface area contributed by atoms with E-state index < -0.39 is 0 Å². The van der Waals surface area contributed by atoms with Crippen LogP contribution in [0.2, 0.25) is 0 Å². The summed E-state index contributed by atoms with van der Waals surface area (Å²) in [7, 11) is 0. The molecule has 0 amide bonds. The molecule has 0 spiro atoms. The first kappa shape index (κ1) is 8.19. The van der Waals surface area contributed by atoms with E-state index in [1.807, 2.05) is 16.7 Å². The fourth-order valence-corrected chi connectivity index (χ4v) is 1.60. The van der Waals surface area contributed by atoms with Crippen LogP contribution in [0.25, 0.3) is 11.0 Å². The second kappa shape index (κ2) is 3.14. The second-order valence-corrected chi connectivity index (χ2v) is 3.11. The summed E-state index contributed by atoms with van der Waals surface area (Å²) in [5.41, 5.74) is 2.04. The van der Waals surface area contributed by atoms with Crippen molar-refractivity contribution in [3.05, 3.63) is 35.9 Å². The van der Waals surface area contributed by atoms with Crippen LogP contribution in [0, 0.1) is 4.77 Å². The normalized spacial score (nSPS) is 10.5. The van der Waals surface area contributed by atoms with Crippen molar-refractivity contribution in [2.45, 2.75) is 6.54 Å². The van der Waals surface area contributed by atoms with Crippen LogP contribution in [0.3, 0.4) is 0 Å². The molecule has 0 atom stereocenters. The van der Waals surface area contributed by atoms with Gasteiger partial charge in [0.1, 0.15) is 0 Å². The number of H-pyrrole nitrogens is 1. The largest absolute Gasteiger partial charge is 0.329 e. The summed E-state index contributed by atoms with van der Waals surface area (Å²) in [5.74, 6) is 0. The number of allylic oxidation sites excluding steroid dienone is 1. The summed E-state index contributed by atoms with van der Waals surface area (Å²) in [5, 5.41) is 0. The van der Waals surface area contributed by atoms with E-state index in [2.05, 4.69) is 16.5 Å². The molecule has 4 heteroatoms. The molecule has 0 radical (unpaired) electrons. The van der Waals surface area contributed by atoms with E-state index in [4.69, 9.17) is 12.2 Å². The van der Waals surface area contributed by atoms with Gasteiger partial charge in [-0.1, -0.05) is 6.08 Å². The highest BCUT2D eigenvalue weighted by Crippen LogP contribution is 2.11. The maximum Gasteiger partial charge on any atom is 0.178 e. The highest BCUT2D eigenvalue weighted by atomic mass is 32.1. The number of aromatic nitrogens is 3. The summed E-state index contributed by atoms with van der Waals surface area (Å²) in [6.45, 7) is 4.41. The molecule has 0 aromatic carbocycles. The Bertz CT molecular complexity index is 495. The Morgan fingerprint density at radius 3 is 3.31 bits per heavy atom. The number of fused-ring (bicyclic) bond motifs is 1. The monoisotopic (exact) mass is 191 g/mol. The lowest BCUT2D eigenvalue weighted by Gasteiger charge is -1.97. The summed E-state index contributed by atoms with van der Waals surface area (Å²) >= 11 is 5.15. The zero-order valence-electron chi connectivity index (χ0n) is 7.03. The van der Waals surface area contributed by atoms with Gasteiger partial charge in [-0.15, -0.1) is 6.58 Å². The zero-order valence-corrected chi connectivity index (χ0v) is 7.84. The molecule has 66 valence electrons. The van der Waals surface area contributed by atoms with Crippen LogP contribution in [0.15, 0.2) is 31.1 Å². The molecule has 2 heterocycles. The Hall–Kier alpha value is -1.42. The first-order chi connectivity index (χ1) is 6.33. The van der Waals surface area contributed by atoms with Gasteiger partial charge in [0, 0.05) is 12.7 Å². The van der Waals surface area contributed by atoms with Crippen molar-refractivity contribution in [1.82, 2.24) is 14.5 Å². The first-order valence-electron chi connectivity index (χ1n) is 3.96. The van der Waals surface area contributed by atoms with Crippen LogP contribution in [0.1, 0.15) is 0 Å². The smallest absolute Gasteiger partial charge is 0.178 e. The van der Waals surface area contributed by atoms with E-state index in [1.54, 1.807) is 12.4 Å². The number of rotatable bonds is 2. The second-order valence-electron chi connectivity index (χ2n) is 2.72. The summed E-state index contributed by atoms with van der Waals surface area (Å²) in [6, 6.07) is 1.94. The van der Waals surface area contributed by atoms with Crippen LogP contribution in [0.4, 0.5) is 0 Å². The third kappa shape index (κ3) is 1.29. The van der Waals surface area contributed by atoms with Gasteiger partial charge in [-0.05, 0) is 18.3 Å². The maximum atomic E-state index is 5.15. The number of hydrogen-bond donors (Lipinski definition) is 1. The van der Waals surface area contributed by atoms with Crippen LogP contribution >= 0.6 is 12.2 Å². The average Bonchev–Trinajstić information content (AvgIpc) is 2.44. The van der Waals surface area contributed by atoms with Gasteiger partial charge in [0.25, 0.3) is 0 Å². The third-order valence-electron chi connectivity index (χ3n) is 1.89. The van der Waals surface area contributed by atoms with Gasteiger partial charge in [0.15, 0.2) is 4.77 Å². The molecular formula is C9H9N3S. The predicted octanol–water partition coefficient (Wildman–Crippen LogP) is 2.28. The molecule has 13 heavy (non-hydrogen) atoms. The summed E-state index contributed by atoms with van der Waals surface area (Å²) < 4.78 is 2.70. The molecule has 0 bridgehead atoms. The van der Waals surface area contributed by atoms with E-state index in [1.165, 1.54) is 0 Å². The van der Waals surface area contributed by atoms with E-state index in [0.717, 1.165) is 17.6 Å². The fraction of sp³-hybridized carbons (Fsp3) is 0.111. The molecule has 0 aliphatic heterocycles. The molecule has 0 fully saturated rings. The van der Waals surface area contributed by atoms with Crippen molar-refractivity contribution in [2.24, 2.45) is 0 Å². The predicted molar refractivity (Wildman–Crippen MR) is 55.1 cm³/mol. The molecule has 0 aliphatic rings. The Labute approximate surface area is 80.7 Å². The van der Waals surface area contributed by atoms with Crippen LogP contribution < -0.4 is 0 Å². The Morgan fingerprint density at radius 2 is 2.54 bits per heavy atom. The van der Waals surface area contributed by atoms with Crippen LogP contribution in [-0.4, -0.2) is 14.5 Å². The number of nitrogens with zero attached hydrogens (tertiary/aromatic N) is 2. The molecule has 2 aromatic rings. The lowest BCUT2D eigenvalue weighted by molar-refractivity contribution is 0.835. The van der Waals surface area contributed by atoms with E-state index in [9.17, 15) is 0 Å². The minimum atomic E-state index is 0.711. The molecule has 0 aliphatic carbocycles. The number of imidazole rings is 1. The topological polar surface area (TPSA) is 33.6 Å². The minimum absolute atomic E-state index is 0.711. The quantitative estimate of drug-likeness (QED) is 0.583. The van der Waals surface area contributed by atoms with Gasteiger partial charge in [0.05, 0.1) is 17.2 Å². The van der Waals surface area contributed by atoms with Gasteiger partial charge in [-0.3, -0.25) is 4.98 Å². The number of nitrogens with one attached hydrogen (secondary N) is 1. The van der Waals surface area contributed by atoms with Gasteiger partial charge in [0.2, 0.25) is 0 Å². The van der Waals surface area contributed by atoms with Gasteiger partial charge in [-0.2, -0.15) is 0 Å². The fourth-order valence-electron chi connectivity index (χ4n) is 1.32. The van der Waals surface area contributed by atoms with E-state index in [-0.39, 0.29) is 0 Å². The Morgan fingerprint density at radius 1 is 1.69 bits per heavy atom. The summed E-state index contributed by atoms with van der Waals surface area (Å²) in [4.78, 5) is 7.09. The number of hydrogen-bond acceptors (Lipinski definition) is 2.